The number of aryl methyl sites for hydroxylation is 4. The Morgan fingerprint density at radius 1 is 0.867 bits per heavy atom. The summed E-state index contributed by atoms with van der Waals surface area (Å²) in [4.78, 5) is 17.2. The van der Waals surface area contributed by atoms with Crippen molar-refractivity contribution in [2.75, 3.05) is 0 Å². The van der Waals surface area contributed by atoms with E-state index in [0.29, 0.717) is 5.56 Å². The summed E-state index contributed by atoms with van der Waals surface area (Å²) in [6, 6.07) is 17.9. The molecule has 0 fully saturated rings. The van der Waals surface area contributed by atoms with Gasteiger partial charge in [-0.2, -0.15) is 0 Å². The van der Waals surface area contributed by atoms with Gasteiger partial charge in [0.25, 0.3) is 0 Å². The first kappa shape index (κ1) is 19.9. The summed E-state index contributed by atoms with van der Waals surface area (Å²) >= 11 is 0. The summed E-state index contributed by atoms with van der Waals surface area (Å²) < 4.78 is 7.72. The quantitative estimate of drug-likeness (QED) is 0.407. The SMILES string of the molecule is Cc1cccc(C)c1COC(=O)c1ccc2ncn(Cc3c(C)cccc3C)c2c1. The lowest BCUT2D eigenvalue weighted by Gasteiger charge is -2.12. The van der Waals surface area contributed by atoms with Crippen LogP contribution in [-0.4, -0.2) is 15.5 Å². The van der Waals surface area contributed by atoms with E-state index < -0.39 is 0 Å². The predicted octanol–water partition coefficient (Wildman–Crippen LogP) is 5.68. The minimum absolute atomic E-state index is 0.275. The van der Waals surface area contributed by atoms with Crippen LogP contribution in [0.4, 0.5) is 0 Å². The number of nitrogens with zero attached hydrogens (tertiary/aromatic N) is 2. The van der Waals surface area contributed by atoms with E-state index in [9.17, 15) is 4.79 Å². The molecule has 0 N–H and O–H groups in total. The van der Waals surface area contributed by atoms with Crippen molar-refractivity contribution in [3.63, 3.8) is 0 Å². The van der Waals surface area contributed by atoms with E-state index in [1.165, 1.54) is 16.7 Å². The fraction of sp³-hybridized carbons (Fsp3) is 0.231. The molecular weight excluding hydrogens is 372 g/mol. The average Bonchev–Trinajstić information content (AvgIpc) is 3.12. The highest BCUT2D eigenvalue weighted by atomic mass is 16.5. The van der Waals surface area contributed by atoms with E-state index in [1.807, 2.05) is 50.5 Å². The fourth-order valence-corrected chi connectivity index (χ4v) is 3.88. The average molecular weight is 399 g/mol. The molecule has 0 spiro atoms. The molecule has 0 aliphatic heterocycles. The van der Waals surface area contributed by atoms with Crippen LogP contribution in [0, 0.1) is 27.7 Å². The molecule has 4 heteroatoms. The maximum absolute atomic E-state index is 12.7. The Morgan fingerprint density at radius 3 is 2.10 bits per heavy atom. The molecule has 1 heterocycles. The van der Waals surface area contributed by atoms with E-state index in [2.05, 4.69) is 41.6 Å². The minimum atomic E-state index is -0.320. The largest absolute Gasteiger partial charge is 0.457 e. The van der Waals surface area contributed by atoms with Gasteiger partial charge < -0.3 is 9.30 Å². The number of hydrogen-bond donors (Lipinski definition) is 0. The topological polar surface area (TPSA) is 44.1 Å². The van der Waals surface area contributed by atoms with Gasteiger partial charge in [-0.25, -0.2) is 9.78 Å². The van der Waals surface area contributed by atoms with Crippen molar-refractivity contribution >= 4 is 17.0 Å². The Labute approximate surface area is 177 Å². The number of hydrogen-bond acceptors (Lipinski definition) is 3. The van der Waals surface area contributed by atoms with Crippen molar-refractivity contribution in [2.24, 2.45) is 0 Å². The second kappa shape index (κ2) is 8.15. The molecule has 0 saturated heterocycles. The highest BCUT2D eigenvalue weighted by molar-refractivity contribution is 5.93. The second-order valence-electron chi connectivity index (χ2n) is 7.89. The zero-order valence-corrected chi connectivity index (χ0v) is 17.9. The summed E-state index contributed by atoms with van der Waals surface area (Å²) in [6.45, 7) is 9.31. The molecule has 152 valence electrons. The third-order valence-corrected chi connectivity index (χ3v) is 5.82. The molecule has 4 rings (SSSR count). The first-order valence-electron chi connectivity index (χ1n) is 10.2. The molecule has 0 unspecified atom stereocenters. The van der Waals surface area contributed by atoms with Gasteiger partial charge in [0.05, 0.1) is 22.9 Å². The molecular formula is C26H26N2O2. The van der Waals surface area contributed by atoms with Crippen LogP contribution in [-0.2, 0) is 17.9 Å². The van der Waals surface area contributed by atoms with Crippen molar-refractivity contribution in [3.8, 4) is 0 Å². The third kappa shape index (κ3) is 3.86. The lowest BCUT2D eigenvalue weighted by molar-refractivity contribution is 0.0471. The Hall–Kier alpha value is -3.40. The summed E-state index contributed by atoms with van der Waals surface area (Å²) in [5.74, 6) is -0.320. The van der Waals surface area contributed by atoms with Crippen molar-refractivity contribution in [1.82, 2.24) is 9.55 Å². The van der Waals surface area contributed by atoms with E-state index in [0.717, 1.165) is 34.3 Å². The Kier molecular flexibility index (Phi) is 5.40. The first-order valence-corrected chi connectivity index (χ1v) is 10.2. The summed E-state index contributed by atoms with van der Waals surface area (Å²) in [7, 11) is 0. The van der Waals surface area contributed by atoms with E-state index >= 15 is 0 Å². The Balaban J connectivity index is 1.58. The van der Waals surface area contributed by atoms with E-state index in [-0.39, 0.29) is 12.6 Å². The summed E-state index contributed by atoms with van der Waals surface area (Å²) in [6.07, 6.45) is 1.84. The third-order valence-electron chi connectivity index (χ3n) is 5.82. The van der Waals surface area contributed by atoms with Gasteiger partial charge in [0.15, 0.2) is 0 Å². The number of ether oxygens (including phenoxy) is 1. The number of fused-ring (bicyclic) bond motifs is 1. The van der Waals surface area contributed by atoms with E-state index in [1.54, 1.807) is 6.07 Å². The molecule has 0 saturated carbocycles. The molecule has 1 aromatic heterocycles. The van der Waals surface area contributed by atoms with Gasteiger partial charge in [0, 0.05) is 6.54 Å². The molecule has 0 bridgehead atoms. The van der Waals surface area contributed by atoms with Gasteiger partial charge >= 0.3 is 5.97 Å². The molecule has 0 atom stereocenters. The summed E-state index contributed by atoms with van der Waals surface area (Å²) in [5.41, 5.74) is 9.44. The van der Waals surface area contributed by atoms with Crippen molar-refractivity contribution < 1.29 is 9.53 Å². The number of aromatic nitrogens is 2. The number of carbonyl (C=O) groups is 1. The smallest absolute Gasteiger partial charge is 0.338 e. The molecule has 0 radical (unpaired) electrons. The molecule has 4 aromatic rings. The van der Waals surface area contributed by atoms with Crippen LogP contribution < -0.4 is 0 Å². The van der Waals surface area contributed by atoms with Gasteiger partial charge in [0.1, 0.15) is 6.61 Å². The van der Waals surface area contributed by atoms with Gasteiger partial charge in [-0.3, -0.25) is 0 Å². The molecule has 0 aliphatic rings. The van der Waals surface area contributed by atoms with Crippen LogP contribution in [0.1, 0.15) is 43.7 Å². The van der Waals surface area contributed by atoms with Gasteiger partial charge in [-0.05, 0) is 79.3 Å². The standard InChI is InChI=1S/C26H26N2O2/c1-17-7-5-8-18(2)22(17)14-28-16-27-24-12-11-21(13-25(24)28)26(29)30-15-23-19(3)9-6-10-20(23)4/h5-13,16H,14-15H2,1-4H3. The highest BCUT2D eigenvalue weighted by Gasteiger charge is 2.13. The van der Waals surface area contributed by atoms with Crippen LogP contribution in [0.5, 0.6) is 0 Å². The van der Waals surface area contributed by atoms with Gasteiger partial charge in [-0.15, -0.1) is 0 Å². The predicted molar refractivity (Wildman–Crippen MR) is 120 cm³/mol. The zero-order valence-electron chi connectivity index (χ0n) is 17.9. The Bertz CT molecular complexity index is 1200. The van der Waals surface area contributed by atoms with Crippen LogP contribution in [0.15, 0.2) is 60.9 Å². The number of rotatable bonds is 5. The minimum Gasteiger partial charge on any atom is -0.457 e. The van der Waals surface area contributed by atoms with Crippen molar-refractivity contribution in [1.29, 1.82) is 0 Å². The molecule has 30 heavy (non-hydrogen) atoms. The van der Waals surface area contributed by atoms with E-state index in [4.69, 9.17) is 4.74 Å². The number of carbonyl (C=O) groups excluding carboxylic acids is 1. The van der Waals surface area contributed by atoms with Crippen molar-refractivity contribution in [3.05, 3.63) is 99.9 Å². The number of imidazole rings is 1. The normalized spacial score (nSPS) is 11.1. The van der Waals surface area contributed by atoms with Crippen LogP contribution in [0.3, 0.4) is 0 Å². The van der Waals surface area contributed by atoms with Gasteiger partial charge in [0.2, 0.25) is 0 Å². The van der Waals surface area contributed by atoms with Crippen LogP contribution >= 0.6 is 0 Å². The number of benzene rings is 3. The molecule has 0 aliphatic carbocycles. The zero-order chi connectivity index (χ0) is 21.3. The van der Waals surface area contributed by atoms with Crippen LogP contribution in [0.2, 0.25) is 0 Å². The van der Waals surface area contributed by atoms with Gasteiger partial charge in [-0.1, -0.05) is 36.4 Å². The first-order chi connectivity index (χ1) is 14.4. The molecule has 3 aromatic carbocycles. The summed E-state index contributed by atoms with van der Waals surface area (Å²) in [5, 5.41) is 0. The highest BCUT2D eigenvalue weighted by Crippen LogP contribution is 2.21. The lowest BCUT2D eigenvalue weighted by atomic mass is 10.0. The molecule has 4 nitrogen and oxygen atoms in total. The fourth-order valence-electron chi connectivity index (χ4n) is 3.88. The lowest BCUT2D eigenvalue weighted by Crippen LogP contribution is -2.08. The molecule has 0 amide bonds. The van der Waals surface area contributed by atoms with Crippen molar-refractivity contribution in [2.45, 2.75) is 40.8 Å². The monoisotopic (exact) mass is 398 g/mol. The van der Waals surface area contributed by atoms with Crippen LogP contribution in [0.25, 0.3) is 11.0 Å². The Morgan fingerprint density at radius 2 is 1.47 bits per heavy atom. The maximum atomic E-state index is 12.7. The second-order valence-corrected chi connectivity index (χ2v) is 7.89. The number of esters is 1. The maximum Gasteiger partial charge on any atom is 0.338 e.